The third-order valence-corrected chi connectivity index (χ3v) is 4.97. The number of piperidine rings is 1. The largest absolute Gasteiger partial charge is 0.496 e. The van der Waals surface area contributed by atoms with Crippen LogP contribution in [-0.4, -0.2) is 31.6 Å². The highest BCUT2D eigenvalue weighted by molar-refractivity contribution is 5.88. The van der Waals surface area contributed by atoms with Crippen molar-refractivity contribution in [1.82, 2.24) is 4.90 Å². The molecule has 1 atom stereocenters. The SMILES string of the molecule is COc1ccc2ccccc2c1[C@H](CN)N1CCC(C)CC1. The van der Waals surface area contributed by atoms with Crippen molar-refractivity contribution in [3.63, 3.8) is 0 Å². The summed E-state index contributed by atoms with van der Waals surface area (Å²) in [6.45, 7) is 5.21. The minimum absolute atomic E-state index is 0.230. The van der Waals surface area contributed by atoms with Gasteiger partial charge in [-0.1, -0.05) is 37.3 Å². The van der Waals surface area contributed by atoms with Crippen LogP contribution in [0.4, 0.5) is 0 Å². The summed E-state index contributed by atoms with van der Waals surface area (Å²) in [5.74, 6) is 1.77. The molecule has 3 rings (SSSR count). The van der Waals surface area contributed by atoms with Crippen molar-refractivity contribution in [2.75, 3.05) is 26.7 Å². The lowest BCUT2D eigenvalue weighted by Gasteiger charge is -2.37. The first-order chi connectivity index (χ1) is 10.7. The second-order valence-electron chi connectivity index (χ2n) is 6.37. The summed E-state index contributed by atoms with van der Waals surface area (Å²) in [4.78, 5) is 2.53. The quantitative estimate of drug-likeness (QED) is 0.937. The molecule has 22 heavy (non-hydrogen) atoms. The van der Waals surface area contributed by atoms with E-state index in [1.807, 2.05) is 0 Å². The van der Waals surface area contributed by atoms with Gasteiger partial charge in [0.2, 0.25) is 0 Å². The monoisotopic (exact) mass is 298 g/mol. The number of hydrogen-bond acceptors (Lipinski definition) is 3. The molecule has 118 valence electrons. The van der Waals surface area contributed by atoms with Crippen LogP contribution in [0.3, 0.4) is 0 Å². The van der Waals surface area contributed by atoms with E-state index in [-0.39, 0.29) is 6.04 Å². The lowest BCUT2D eigenvalue weighted by molar-refractivity contribution is 0.140. The molecule has 0 bridgehead atoms. The molecule has 1 fully saturated rings. The Morgan fingerprint density at radius 3 is 2.59 bits per heavy atom. The van der Waals surface area contributed by atoms with Crippen LogP contribution < -0.4 is 10.5 Å². The van der Waals surface area contributed by atoms with E-state index in [0.717, 1.165) is 24.8 Å². The Bertz CT molecular complexity index is 632. The zero-order valence-electron chi connectivity index (χ0n) is 13.6. The Morgan fingerprint density at radius 2 is 1.91 bits per heavy atom. The van der Waals surface area contributed by atoms with Gasteiger partial charge in [-0.05, 0) is 48.7 Å². The molecule has 1 aliphatic heterocycles. The highest BCUT2D eigenvalue weighted by Gasteiger charge is 2.27. The highest BCUT2D eigenvalue weighted by Crippen LogP contribution is 2.37. The molecule has 0 saturated carbocycles. The summed E-state index contributed by atoms with van der Waals surface area (Å²) in [5, 5.41) is 2.51. The molecule has 0 spiro atoms. The molecule has 2 aromatic rings. The normalized spacial score (nSPS) is 18.5. The van der Waals surface area contributed by atoms with Gasteiger partial charge in [-0.25, -0.2) is 0 Å². The molecular weight excluding hydrogens is 272 g/mol. The minimum atomic E-state index is 0.230. The number of hydrogen-bond donors (Lipinski definition) is 1. The van der Waals surface area contributed by atoms with Crippen molar-refractivity contribution in [3.05, 3.63) is 42.0 Å². The molecule has 1 saturated heterocycles. The fraction of sp³-hybridized carbons (Fsp3) is 0.474. The van der Waals surface area contributed by atoms with Gasteiger partial charge in [0.05, 0.1) is 13.2 Å². The van der Waals surface area contributed by atoms with Crippen molar-refractivity contribution in [2.24, 2.45) is 11.7 Å². The van der Waals surface area contributed by atoms with Gasteiger partial charge in [0, 0.05) is 12.1 Å². The van der Waals surface area contributed by atoms with Crippen molar-refractivity contribution in [2.45, 2.75) is 25.8 Å². The van der Waals surface area contributed by atoms with Crippen LogP contribution in [0.5, 0.6) is 5.75 Å². The van der Waals surface area contributed by atoms with E-state index in [1.54, 1.807) is 7.11 Å². The average molecular weight is 298 g/mol. The predicted molar refractivity (Wildman–Crippen MR) is 92.3 cm³/mol. The molecule has 0 unspecified atom stereocenters. The van der Waals surface area contributed by atoms with E-state index in [9.17, 15) is 0 Å². The molecule has 2 N–H and O–H groups in total. The fourth-order valence-corrected chi connectivity index (χ4v) is 3.59. The van der Waals surface area contributed by atoms with Crippen LogP contribution in [0.15, 0.2) is 36.4 Å². The number of rotatable bonds is 4. The lowest BCUT2D eigenvalue weighted by atomic mass is 9.92. The third-order valence-electron chi connectivity index (χ3n) is 4.97. The van der Waals surface area contributed by atoms with Gasteiger partial charge in [-0.2, -0.15) is 0 Å². The Balaban J connectivity index is 2.05. The fourth-order valence-electron chi connectivity index (χ4n) is 3.59. The summed E-state index contributed by atoms with van der Waals surface area (Å²) < 4.78 is 5.67. The van der Waals surface area contributed by atoms with Crippen LogP contribution in [-0.2, 0) is 0 Å². The Hall–Kier alpha value is -1.58. The van der Waals surface area contributed by atoms with Gasteiger partial charge < -0.3 is 10.5 Å². The molecular formula is C19H26N2O. The van der Waals surface area contributed by atoms with E-state index in [1.165, 1.54) is 29.2 Å². The van der Waals surface area contributed by atoms with Crippen molar-refractivity contribution in [3.8, 4) is 5.75 Å². The molecule has 2 aromatic carbocycles. The molecule has 3 heteroatoms. The molecule has 0 radical (unpaired) electrons. The minimum Gasteiger partial charge on any atom is -0.496 e. The predicted octanol–water partition coefficient (Wildman–Crippen LogP) is 3.58. The maximum Gasteiger partial charge on any atom is 0.124 e. The molecule has 1 aliphatic rings. The lowest BCUT2D eigenvalue weighted by Crippen LogP contribution is -2.39. The molecule has 0 amide bonds. The maximum absolute atomic E-state index is 6.19. The van der Waals surface area contributed by atoms with E-state index < -0.39 is 0 Å². The molecule has 1 heterocycles. The Kier molecular flexibility index (Phi) is 4.65. The zero-order chi connectivity index (χ0) is 15.5. The molecule has 3 nitrogen and oxygen atoms in total. The van der Waals surface area contributed by atoms with Gasteiger partial charge in [0.15, 0.2) is 0 Å². The standard InChI is InChI=1S/C19H26N2O/c1-14-9-11-21(12-10-14)17(13-20)19-16-6-4-3-5-15(16)7-8-18(19)22-2/h3-8,14,17H,9-13,20H2,1-2H3/t17-/m0/s1. The summed E-state index contributed by atoms with van der Waals surface area (Å²) >= 11 is 0. The van der Waals surface area contributed by atoms with Gasteiger partial charge in [-0.3, -0.25) is 4.90 Å². The number of ether oxygens (including phenoxy) is 1. The van der Waals surface area contributed by atoms with Crippen LogP contribution >= 0.6 is 0 Å². The first-order valence-electron chi connectivity index (χ1n) is 8.24. The Morgan fingerprint density at radius 1 is 1.18 bits per heavy atom. The second kappa shape index (κ2) is 6.67. The highest BCUT2D eigenvalue weighted by atomic mass is 16.5. The maximum atomic E-state index is 6.19. The van der Waals surface area contributed by atoms with Gasteiger partial charge in [0.1, 0.15) is 5.75 Å². The number of fused-ring (bicyclic) bond motifs is 1. The molecule has 0 aromatic heterocycles. The van der Waals surface area contributed by atoms with Crippen LogP contribution in [0.2, 0.25) is 0 Å². The summed E-state index contributed by atoms with van der Waals surface area (Å²) in [5.41, 5.74) is 7.44. The summed E-state index contributed by atoms with van der Waals surface area (Å²) in [6, 6.07) is 13.0. The first kappa shape index (κ1) is 15.3. The number of nitrogens with zero attached hydrogens (tertiary/aromatic N) is 1. The van der Waals surface area contributed by atoms with Crippen molar-refractivity contribution >= 4 is 10.8 Å². The van der Waals surface area contributed by atoms with E-state index >= 15 is 0 Å². The smallest absolute Gasteiger partial charge is 0.124 e. The van der Waals surface area contributed by atoms with Crippen molar-refractivity contribution < 1.29 is 4.74 Å². The third kappa shape index (κ3) is 2.83. The van der Waals surface area contributed by atoms with E-state index in [4.69, 9.17) is 10.5 Å². The number of benzene rings is 2. The number of likely N-dealkylation sites (tertiary alicyclic amines) is 1. The number of nitrogens with two attached hydrogens (primary N) is 1. The van der Waals surface area contributed by atoms with Crippen LogP contribution in [0, 0.1) is 5.92 Å². The summed E-state index contributed by atoms with van der Waals surface area (Å²) in [7, 11) is 1.75. The van der Waals surface area contributed by atoms with Gasteiger partial charge >= 0.3 is 0 Å². The van der Waals surface area contributed by atoms with Gasteiger partial charge in [0.25, 0.3) is 0 Å². The van der Waals surface area contributed by atoms with Crippen LogP contribution in [0.1, 0.15) is 31.4 Å². The topological polar surface area (TPSA) is 38.5 Å². The summed E-state index contributed by atoms with van der Waals surface area (Å²) in [6.07, 6.45) is 2.51. The zero-order valence-corrected chi connectivity index (χ0v) is 13.6. The second-order valence-corrected chi connectivity index (χ2v) is 6.37. The Labute approximate surface area is 133 Å². The average Bonchev–Trinajstić information content (AvgIpc) is 2.57. The molecule has 0 aliphatic carbocycles. The van der Waals surface area contributed by atoms with Crippen LogP contribution in [0.25, 0.3) is 10.8 Å². The van der Waals surface area contributed by atoms with E-state index in [0.29, 0.717) is 6.54 Å². The van der Waals surface area contributed by atoms with Gasteiger partial charge in [-0.15, -0.1) is 0 Å². The van der Waals surface area contributed by atoms with Crippen molar-refractivity contribution in [1.29, 1.82) is 0 Å². The van der Waals surface area contributed by atoms with E-state index in [2.05, 4.69) is 48.2 Å². The first-order valence-corrected chi connectivity index (χ1v) is 8.24. The number of methoxy groups -OCH3 is 1.